The number of hydrogen-bond donors (Lipinski definition) is 4. The summed E-state index contributed by atoms with van der Waals surface area (Å²) >= 11 is 0. The number of hydrogen-bond acceptors (Lipinski definition) is 4. The zero-order valence-electron chi connectivity index (χ0n) is 10.5. The van der Waals surface area contributed by atoms with Gasteiger partial charge >= 0.3 is 0 Å². The summed E-state index contributed by atoms with van der Waals surface area (Å²) in [6.07, 6.45) is 1.55. The van der Waals surface area contributed by atoms with Crippen molar-refractivity contribution in [1.29, 1.82) is 0 Å². The van der Waals surface area contributed by atoms with Crippen molar-refractivity contribution in [2.45, 2.75) is 50.9 Å². The number of rotatable bonds is 0. The van der Waals surface area contributed by atoms with E-state index in [9.17, 15) is 9.59 Å². The predicted molar refractivity (Wildman–Crippen MR) is 74.9 cm³/mol. The molecule has 18 heavy (non-hydrogen) atoms. The summed E-state index contributed by atoms with van der Waals surface area (Å²) in [7, 11) is 0. The van der Waals surface area contributed by atoms with E-state index >= 15 is 0 Å². The Kier molecular flexibility index (Phi) is 9.37. The molecule has 0 aromatic rings. The third-order valence-electron chi connectivity index (χ3n) is 2.67. The first kappa shape index (κ1) is 19.8. The van der Waals surface area contributed by atoms with Gasteiger partial charge in [-0.15, -0.1) is 24.8 Å². The molecule has 2 saturated heterocycles. The van der Waals surface area contributed by atoms with Crippen molar-refractivity contribution in [2.24, 2.45) is 11.5 Å². The maximum absolute atomic E-state index is 10.5. The van der Waals surface area contributed by atoms with Crippen LogP contribution in [-0.2, 0) is 9.59 Å². The zero-order valence-corrected chi connectivity index (χ0v) is 12.1. The van der Waals surface area contributed by atoms with Crippen molar-refractivity contribution in [2.75, 3.05) is 0 Å². The van der Waals surface area contributed by atoms with Crippen LogP contribution < -0.4 is 22.1 Å². The second kappa shape index (κ2) is 8.53. The van der Waals surface area contributed by atoms with Crippen LogP contribution in [0.1, 0.15) is 26.7 Å². The summed E-state index contributed by atoms with van der Waals surface area (Å²) in [6, 6.07) is 0.0324. The minimum atomic E-state index is -0.259. The van der Waals surface area contributed by atoms with Crippen LogP contribution in [0.5, 0.6) is 0 Å². The first-order valence-electron chi connectivity index (χ1n) is 5.52. The van der Waals surface area contributed by atoms with E-state index in [2.05, 4.69) is 10.6 Å². The van der Waals surface area contributed by atoms with Crippen LogP contribution in [0.25, 0.3) is 0 Å². The quantitative estimate of drug-likeness (QED) is 0.473. The van der Waals surface area contributed by atoms with E-state index in [4.69, 9.17) is 11.5 Å². The van der Waals surface area contributed by atoms with Crippen LogP contribution in [-0.4, -0.2) is 36.0 Å². The first-order valence-corrected chi connectivity index (χ1v) is 5.52. The molecule has 6 N–H and O–H groups in total. The highest BCUT2D eigenvalue weighted by molar-refractivity contribution is 5.86. The molecular formula is C10H22Cl2N4O2. The van der Waals surface area contributed by atoms with Crippen molar-refractivity contribution in [3.05, 3.63) is 0 Å². The molecule has 0 saturated carbocycles. The van der Waals surface area contributed by atoms with Crippen LogP contribution in [0.2, 0.25) is 0 Å². The van der Waals surface area contributed by atoms with Crippen molar-refractivity contribution < 1.29 is 9.59 Å². The molecule has 108 valence electrons. The van der Waals surface area contributed by atoms with Gasteiger partial charge in [0.1, 0.15) is 0 Å². The molecule has 2 aliphatic heterocycles. The Bertz CT molecular complexity index is 263. The molecule has 2 fully saturated rings. The third kappa shape index (κ3) is 5.86. The molecule has 0 unspecified atom stereocenters. The normalized spacial score (nSPS) is 33.3. The lowest BCUT2D eigenvalue weighted by Gasteiger charge is -1.95. The van der Waals surface area contributed by atoms with Crippen molar-refractivity contribution >= 4 is 36.6 Å². The van der Waals surface area contributed by atoms with Crippen LogP contribution in [0.3, 0.4) is 0 Å². The van der Waals surface area contributed by atoms with Gasteiger partial charge in [-0.1, -0.05) is 0 Å². The van der Waals surface area contributed by atoms with Gasteiger partial charge < -0.3 is 22.1 Å². The number of carbonyl (C=O) groups is 2. The van der Waals surface area contributed by atoms with E-state index in [1.807, 2.05) is 13.8 Å². The van der Waals surface area contributed by atoms with E-state index in [1.165, 1.54) is 0 Å². The number of amides is 2. The number of halogens is 2. The number of nitrogens with one attached hydrogen (secondary N) is 2. The van der Waals surface area contributed by atoms with Gasteiger partial charge in [-0.3, -0.25) is 9.59 Å². The molecule has 8 heteroatoms. The Balaban J connectivity index is 0. The highest BCUT2D eigenvalue weighted by atomic mass is 35.5. The lowest BCUT2D eigenvalue weighted by molar-refractivity contribution is -0.121. The zero-order chi connectivity index (χ0) is 12.3. The lowest BCUT2D eigenvalue weighted by Crippen LogP contribution is -2.30. The Morgan fingerprint density at radius 3 is 1.22 bits per heavy atom. The SMILES string of the molecule is C[C@@H]1C[C@@H](N)C(=O)N1.C[C@@H]1C[C@H](N)C(=O)N1.Cl.Cl. The summed E-state index contributed by atoms with van der Waals surface area (Å²) in [4.78, 5) is 21.1. The number of carbonyl (C=O) groups excluding carboxylic acids is 2. The van der Waals surface area contributed by atoms with Gasteiger partial charge in [-0.25, -0.2) is 0 Å². The van der Waals surface area contributed by atoms with E-state index in [0.717, 1.165) is 12.8 Å². The number of nitrogens with two attached hydrogens (primary N) is 2. The Labute approximate surface area is 119 Å². The van der Waals surface area contributed by atoms with Crippen LogP contribution in [0, 0.1) is 0 Å². The average Bonchev–Trinajstić information content (AvgIpc) is 2.58. The molecule has 0 aliphatic carbocycles. The summed E-state index contributed by atoms with van der Waals surface area (Å²) in [6.45, 7) is 3.90. The lowest BCUT2D eigenvalue weighted by atomic mass is 10.2. The van der Waals surface area contributed by atoms with Gasteiger partial charge in [0.05, 0.1) is 12.1 Å². The van der Waals surface area contributed by atoms with Gasteiger partial charge in [0.15, 0.2) is 0 Å². The Morgan fingerprint density at radius 2 is 1.17 bits per heavy atom. The summed E-state index contributed by atoms with van der Waals surface area (Å²) in [5.74, 6) is -0.0324. The van der Waals surface area contributed by atoms with Crippen LogP contribution in [0.15, 0.2) is 0 Å². The third-order valence-corrected chi connectivity index (χ3v) is 2.67. The molecule has 0 spiro atoms. The Hall–Kier alpha value is -0.560. The summed E-state index contributed by atoms with van der Waals surface area (Å²) in [5, 5.41) is 5.41. The molecule has 0 aromatic carbocycles. The van der Waals surface area contributed by atoms with Gasteiger partial charge in [0.25, 0.3) is 0 Å². The van der Waals surface area contributed by atoms with Crippen LogP contribution >= 0.6 is 24.8 Å². The molecular weight excluding hydrogens is 279 g/mol. The standard InChI is InChI=1S/2C5H10N2O.2ClH/c2*1-3-2-4(6)5(8)7-3;;/h2*3-4H,2,6H2,1H3,(H,7,8);2*1H/t3-,4+;3-,4-;;/m11../s1. The van der Waals surface area contributed by atoms with Crippen molar-refractivity contribution in [3.8, 4) is 0 Å². The maximum atomic E-state index is 10.5. The molecule has 2 amide bonds. The maximum Gasteiger partial charge on any atom is 0.237 e. The average molecular weight is 301 g/mol. The van der Waals surface area contributed by atoms with Gasteiger partial charge in [-0.2, -0.15) is 0 Å². The van der Waals surface area contributed by atoms with Gasteiger partial charge in [0, 0.05) is 12.1 Å². The summed E-state index contributed by atoms with van der Waals surface area (Å²) in [5.41, 5.74) is 10.7. The monoisotopic (exact) mass is 300 g/mol. The van der Waals surface area contributed by atoms with E-state index in [1.54, 1.807) is 0 Å². The molecule has 2 rings (SSSR count). The van der Waals surface area contributed by atoms with E-state index in [-0.39, 0.29) is 60.8 Å². The topological polar surface area (TPSA) is 110 Å². The largest absolute Gasteiger partial charge is 0.352 e. The molecule has 2 aliphatic rings. The van der Waals surface area contributed by atoms with Crippen molar-refractivity contribution in [3.63, 3.8) is 0 Å². The summed E-state index contributed by atoms with van der Waals surface area (Å²) < 4.78 is 0. The van der Waals surface area contributed by atoms with E-state index < -0.39 is 0 Å². The van der Waals surface area contributed by atoms with Crippen molar-refractivity contribution in [1.82, 2.24) is 10.6 Å². The predicted octanol–water partition coefficient (Wildman–Crippen LogP) is -0.712. The molecule has 6 nitrogen and oxygen atoms in total. The fourth-order valence-corrected chi connectivity index (χ4v) is 1.79. The highest BCUT2D eigenvalue weighted by Crippen LogP contribution is 2.03. The van der Waals surface area contributed by atoms with Gasteiger partial charge in [0.2, 0.25) is 11.8 Å². The minimum absolute atomic E-state index is 0. The molecule has 0 bridgehead atoms. The molecule has 0 aromatic heterocycles. The fraction of sp³-hybridized carbons (Fsp3) is 0.800. The molecule has 4 atom stereocenters. The van der Waals surface area contributed by atoms with E-state index in [0.29, 0.717) is 0 Å². The molecule has 2 heterocycles. The fourth-order valence-electron chi connectivity index (χ4n) is 1.79. The smallest absolute Gasteiger partial charge is 0.237 e. The second-order valence-electron chi connectivity index (χ2n) is 4.50. The highest BCUT2D eigenvalue weighted by Gasteiger charge is 2.25. The Morgan fingerprint density at radius 1 is 0.889 bits per heavy atom. The minimum Gasteiger partial charge on any atom is -0.352 e. The molecule has 0 radical (unpaired) electrons. The first-order chi connectivity index (χ1) is 7.40. The van der Waals surface area contributed by atoms with Gasteiger partial charge in [-0.05, 0) is 26.7 Å². The van der Waals surface area contributed by atoms with Crippen LogP contribution in [0.4, 0.5) is 0 Å². The second-order valence-corrected chi connectivity index (χ2v) is 4.50.